The van der Waals surface area contributed by atoms with E-state index in [1.165, 1.54) is 17.0 Å². The zero-order valence-electron chi connectivity index (χ0n) is 22.4. The van der Waals surface area contributed by atoms with Crippen LogP contribution in [0.25, 0.3) is 0 Å². The molecule has 8 heteroatoms. The van der Waals surface area contributed by atoms with E-state index in [4.69, 9.17) is 21.9 Å². The molecule has 0 saturated carbocycles. The molecule has 2 aliphatic rings. The van der Waals surface area contributed by atoms with Gasteiger partial charge < -0.3 is 24.4 Å². The summed E-state index contributed by atoms with van der Waals surface area (Å²) >= 11 is 5.94. The molecule has 7 nitrogen and oxygen atoms in total. The average Bonchev–Trinajstić information content (AvgIpc) is 3.40. The molecule has 2 fully saturated rings. The molecule has 37 heavy (non-hydrogen) atoms. The Morgan fingerprint density at radius 1 is 1.05 bits per heavy atom. The first kappa shape index (κ1) is 25.7. The van der Waals surface area contributed by atoms with Crippen molar-refractivity contribution < 1.29 is 4.74 Å². The minimum atomic E-state index is -0.0375. The van der Waals surface area contributed by atoms with Crippen molar-refractivity contribution in [3.05, 3.63) is 77.4 Å². The highest BCUT2D eigenvalue weighted by Gasteiger charge is 2.42. The maximum atomic E-state index is 5.94. The zero-order chi connectivity index (χ0) is 25.9. The fourth-order valence-electron chi connectivity index (χ4n) is 5.61. The van der Waals surface area contributed by atoms with E-state index in [2.05, 4.69) is 88.9 Å². The van der Waals surface area contributed by atoms with Crippen LogP contribution in [0.4, 0.5) is 11.4 Å². The SMILES string of the molecule is Cc1cc([C@H]2[C@@H](c3ccccn3)NC(=S)N2c2ccc(N(C)C)cc2)c(C)n1CCCN1CCOCC1. The number of aromatic nitrogens is 2. The van der Waals surface area contributed by atoms with Crippen molar-refractivity contribution in [2.45, 2.75) is 38.9 Å². The first-order chi connectivity index (χ1) is 17.9. The van der Waals surface area contributed by atoms with Gasteiger partial charge in [-0.05, 0) is 80.5 Å². The lowest BCUT2D eigenvalue weighted by molar-refractivity contribution is 0.0369. The van der Waals surface area contributed by atoms with E-state index in [1.807, 2.05) is 18.3 Å². The summed E-state index contributed by atoms with van der Waals surface area (Å²) in [5.74, 6) is 0. The third-order valence-corrected chi connectivity index (χ3v) is 7.95. The fourth-order valence-corrected chi connectivity index (χ4v) is 5.95. The number of benzene rings is 1. The molecule has 5 rings (SSSR count). The van der Waals surface area contributed by atoms with Gasteiger partial charge in [-0.15, -0.1) is 0 Å². The normalized spacial score (nSPS) is 20.3. The van der Waals surface area contributed by atoms with Gasteiger partial charge in [0.25, 0.3) is 0 Å². The van der Waals surface area contributed by atoms with E-state index >= 15 is 0 Å². The van der Waals surface area contributed by atoms with Crippen LogP contribution in [0.1, 0.15) is 41.1 Å². The summed E-state index contributed by atoms with van der Waals surface area (Å²) in [7, 11) is 4.12. The second-order valence-electron chi connectivity index (χ2n) is 10.2. The molecular formula is C29H38N6OS. The van der Waals surface area contributed by atoms with Gasteiger partial charge in [-0.2, -0.15) is 0 Å². The highest BCUT2D eigenvalue weighted by atomic mass is 32.1. The van der Waals surface area contributed by atoms with E-state index < -0.39 is 0 Å². The molecule has 2 aliphatic heterocycles. The second-order valence-corrected chi connectivity index (χ2v) is 10.6. The summed E-state index contributed by atoms with van der Waals surface area (Å²) in [5.41, 5.74) is 7.13. The van der Waals surface area contributed by atoms with E-state index in [9.17, 15) is 0 Å². The van der Waals surface area contributed by atoms with E-state index in [0.717, 1.165) is 68.0 Å². The summed E-state index contributed by atoms with van der Waals surface area (Å²) in [6.07, 6.45) is 2.98. The molecule has 4 heterocycles. The Morgan fingerprint density at radius 2 is 1.81 bits per heavy atom. The van der Waals surface area contributed by atoms with Crippen LogP contribution in [0.5, 0.6) is 0 Å². The number of nitrogens with zero attached hydrogens (tertiary/aromatic N) is 5. The molecule has 0 spiro atoms. The maximum absolute atomic E-state index is 5.94. The molecule has 2 atom stereocenters. The summed E-state index contributed by atoms with van der Waals surface area (Å²) in [5, 5.41) is 4.34. The molecule has 2 saturated heterocycles. The predicted octanol–water partition coefficient (Wildman–Crippen LogP) is 4.47. The van der Waals surface area contributed by atoms with Crippen molar-refractivity contribution in [2.24, 2.45) is 0 Å². The van der Waals surface area contributed by atoms with Crippen LogP contribution in [0.2, 0.25) is 0 Å². The lowest BCUT2D eigenvalue weighted by Crippen LogP contribution is -2.37. The van der Waals surface area contributed by atoms with Crippen molar-refractivity contribution in [2.75, 3.05) is 56.7 Å². The number of hydrogen-bond acceptors (Lipinski definition) is 5. The first-order valence-corrected chi connectivity index (χ1v) is 13.6. The van der Waals surface area contributed by atoms with Crippen molar-refractivity contribution in [1.82, 2.24) is 19.8 Å². The molecule has 0 aliphatic carbocycles. The van der Waals surface area contributed by atoms with Gasteiger partial charge in [0, 0.05) is 69.2 Å². The van der Waals surface area contributed by atoms with Crippen LogP contribution in [-0.4, -0.2) is 66.5 Å². The highest BCUT2D eigenvalue weighted by molar-refractivity contribution is 7.80. The molecule has 3 aromatic rings. The van der Waals surface area contributed by atoms with Crippen LogP contribution < -0.4 is 15.1 Å². The summed E-state index contributed by atoms with van der Waals surface area (Å²) in [6, 6.07) is 17.1. The number of nitrogens with one attached hydrogen (secondary N) is 1. The van der Waals surface area contributed by atoms with E-state index in [0.29, 0.717) is 0 Å². The Hall–Kier alpha value is -2.94. The number of thiocarbonyl (C=S) groups is 1. The van der Waals surface area contributed by atoms with E-state index in [-0.39, 0.29) is 12.1 Å². The van der Waals surface area contributed by atoms with Crippen LogP contribution in [-0.2, 0) is 11.3 Å². The summed E-state index contributed by atoms with van der Waals surface area (Å²) < 4.78 is 7.98. The molecule has 1 aromatic carbocycles. The first-order valence-electron chi connectivity index (χ1n) is 13.2. The molecule has 0 unspecified atom stereocenters. The minimum absolute atomic E-state index is 0.00630. The molecule has 196 valence electrons. The second kappa shape index (κ2) is 11.2. The van der Waals surface area contributed by atoms with Gasteiger partial charge in [0.1, 0.15) is 0 Å². The van der Waals surface area contributed by atoms with Crippen LogP contribution in [0.15, 0.2) is 54.7 Å². The lowest BCUT2D eigenvalue weighted by atomic mass is 9.96. The third kappa shape index (κ3) is 5.37. The third-order valence-electron chi connectivity index (χ3n) is 7.63. The molecule has 0 bridgehead atoms. The largest absolute Gasteiger partial charge is 0.379 e. The topological polar surface area (TPSA) is 48.8 Å². The molecule has 0 amide bonds. The number of aryl methyl sites for hydroxylation is 1. The fraction of sp³-hybridized carbons (Fsp3) is 0.448. The van der Waals surface area contributed by atoms with Crippen molar-refractivity contribution in [1.29, 1.82) is 0 Å². The van der Waals surface area contributed by atoms with Gasteiger partial charge in [0.15, 0.2) is 5.11 Å². The highest BCUT2D eigenvalue weighted by Crippen LogP contribution is 2.43. The number of hydrogen-bond donors (Lipinski definition) is 1. The van der Waals surface area contributed by atoms with E-state index in [1.54, 1.807) is 0 Å². The minimum Gasteiger partial charge on any atom is -0.379 e. The lowest BCUT2D eigenvalue weighted by Gasteiger charge is -2.29. The Morgan fingerprint density at radius 3 is 2.49 bits per heavy atom. The Labute approximate surface area is 226 Å². The van der Waals surface area contributed by atoms with Gasteiger partial charge in [0.05, 0.1) is 31.0 Å². The van der Waals surface area contributed by atoms with Crippen LogP contribution in [0, 0.1) is 13.8 Å². The van der Waals surface area contributed by atoms with Gasteiger partial charge in [-0.1, -0.05) is 6.07 Å². The van der Waals surface area contributed by atoms with Gasteiger partial charge in [0.2, 0.25) is 0 Å². The molecule has 1 N–H and O–H groups in total. The Kier molecular flexibility index (Phi) is 7.79. The predicted molar refractivity (Wildman–Crippen MR) is 154 cm³/mol. The Balaban J connectivity index is 1.46. The monoisotopic (exact) mass is 518 g/mol. The number of ether oxygens (including phenoxy) is 1. The standard InChI is InChI=1S/C29H38N6OS/c1-21-20-25(22(2)34(21)15-7-14-33-16-18-36-19-17-33)28-27(26-8-5-6-13-30-26)31-29(37)35(28)24-11-9-23(10-12-24)32(3)4/h5-6,8-13,20,27-28H,7,14-19H2,1-4H3,(H,31,37)/t27-,28+/m1/s1. The molecule has 2 aromatic heterocycles. The number of morpholine rings is 1. The van der Waals surface area contributed by atoms with Crippen LogP contribution in [0.3, 0.4) is 0 Å². The number of anilines is 2. The quantitative estimate of drug-likeness (QED) is 0.442. The van der Waals surface area contributed by atoms with Gasteiger partial charge in [-0.25, -0.2) is 0 Å². The zero-order valence-corrected chi connectivity index (χ0v) is 23.2. The maximum Gasteiger partial charge on any atom is 0.174 e. The average molecular weight is 519 g/mol. The molecular weight excluding hydrogens is 480 g/mol. The van der Waals surface area contributed by atoms with Crippen molar-refractivity contribution in [3.8, 4) is 0 Å². The number of rotatable bonds is 8. The van der Waals surface area contributed by atoms with Gasteiger partial charge >= 0.3 is 0 Å². The van der Waals surface area contributed by atoms with Gasteiger partial charge in [-0.3, -0.25) is 9.88 Å². The van der Waals surface area contributed by atoms with Crippen molar-refractivity contribution >= 4 is 28.7 Å². The summed E-state index contributed by atoms with van der Waals surface area (Å²) in [6.45, 7) is 10.3. The summed E-state index contributed by atoms with van der Waals surface area (Å²) in [4.78, 5) is 11.6. The smallest absolute Gasteiger partial charge is 0.174 e. The Bertz CT molecular complexity index is 1200. The van der Waals surface area contributed by atoms with Crippen LogP contribution >= 0.6 is 12.2 Å². The van der Waals surface area contributed by atoms with Crippen molar-refractivity contribution in [3.63, 3.8) is 0 Å². The number of pyridine rings is 1. The molecule has 0 radical (unpaired) electrons.